The van der Waals surface area contributed by atoms with Crippen LogP contribution >= 0.6 is 15.9 Å². The summed E-state index contributed by atoms with van der Waals surface area (Å²) in [5, 5.41) is 5.29. The van der Waals surface area contributed by atoms with Gasteiger partial charge in [0.2, 0.25) is 5.91 Å². The Bertz CT molecular complexity index is 470. The van der Waals surface area contributed by atoms with Gasteiger partial charge in [-0.3, -0.25) is 4.79 Å². The molecule has 2 N–H and O–H groups in total. The van der Waals surface area contributed by atoms with E-state index in [0.29, 0.717) is 17.7 Å². The van der Waals surface area contributed by atoms with Crippen molar-refractivity contribution in [3.63, 3.8) is 0 Å². The molecule has 0 bridgehead atoms. The van der Waals surface area contributed by atoms with Crippen molar-refractivity contribution in [3.05, 3.63) is 28.2 Å². The van der Waals surface area contributed by atoms with E-state index < -0.39 is 11.6 Å². The van der Waals surface area contributed by atoms with Gasteiger partial charge in [0.05, 0.1) is 6.54 Å². The molecule has 4 nitrogen and oxygen atoms in total. The van der Waals surface area contributed by atoms with Crippen molar-refractivity contribution >= 4 is 27.5 Å². The highest BCUT2D eigenvalue weighted by Crippen LogP contribution is 2.23. The minimum atomic E-state index is -0.740. The van der Waals surface area contributed by atoms with Crippen LogP contribution in [0, 0.1) is 11.6 Å². The molecule has 0 saturated carbocycles. The highest BCUT2D eigenvalue weighted by molar-refractivity contribution is 9.10. The number of benzene rings is 1. The molecule has 0 unspecified atom stereocenters. The van der Waals surface area contributed by atoms with Crippen molar-refractivity contribution in [2.75, 3.05) is 25.1 Å². The second-order valence-corrected chi connectivity index (χ2v) is 5.47. The second kappa shape index (κ2) is 6.99. The molecule has 2 rings (SSSR count). The topological polar surface area (TPSA) is 50.4 Å². The van der Waals surface area contributed by atoms with Crippen LogP contribution < -0.4 is 10.6 Å². The molecule has 1 heterocycles. The molecule has 110 valence electrons. The molecular formula is C13H15BrF2N2O2. The average molecular weight is 349 g/mol. The van der Waals surface area contributed by atoms with Crippen molar-refractivity contribution < 1.29 is 18.3 Å². The Hall–Kier alpha value is -1.21. The largest absolute Gasteiger partial charge is 0.381 e. The summed E-state index contributed by atoms with van der Waals surface area (Å²) in [6, 6.07) is 2.35. The third kappa shape index (κ3) is 4.14. The zero-order chi connectivity index (χ0) is 14.5. The molecule has 0 radical (unpaired) electrons. The van der Waals surface area contributed by atoms with Crippen LogP contribution in [0.1, 0.15) is 12.8 Å². The first kappa shape index (κ1) is 15.2. The molecule has 1 amide bonds. The highest BCUT2D eigenvalue weighted by atomic mass is 79.9. The van der Waals surface area contributed by atoms with Crippen LogP contribution in [0.25, 0.3) is 0 Å². The predicted molar refractivity (Wildman–Crippen MR) is 74.5 cm³/mol. The van der Waals surface area contributed by atoms with Gasteiger partial charge in [0.1, 0.15) is 17.3 Å². The number of carbonyl (C=O) groups excluding carboxylic acids is 1. The summed E-state index contributed by atoms with van der Waals surface area (Å²) in [5.74, 6) is -1.77. The van der Waals surface area contributed by atoms with Gasteiger partial charge in [0.25, 0.3) is 0 Å². The van der Waals surface area contributed by atoms with E-state index in [0.717, 1.165) is 25.0 Å². The molecule has 1 saturated heterocycles. The highest BCUT2D eigenvalue weighted by Gasteiger charge is 2.17. The number of hydrogen-bond donors (Lipinski definition) is 2. The molecule has 0 spiro atoms. The lowest BCUT2D eigenvalue weighted by Crippen LogP contribution is -2.41. The number of amides is 1. The molecule has 1 aliphatic heterocycles. The second-order valence-electron chi connectivity index (χ2n) is 4.55. The summed E-state index contributed by atoms with van der Waals surface area (Å²) in [6.07, 6.45) is 1.51. The third-order valence-corrected chi connectivity index (χ3v) is 3.48. The van der Waals surface area contributed by atoms with Crippen LogP contribution in [-0.4, -0.2) is 31.7 Å². The fourth-order valence-electron chi connectivity index (χ4n) is 2.00. The first-order chi connectivity index (χ1) is 9.56. The van der Waals surface area contributed by atoms with E-state index in [9.17, 15) is 13.6 Å². The van der Waals surface area contributed by atoms with E-state index in [1.54, 1.807) is 0 Å². The lowest BCUT2D eigenvalue weighted by Gasteiger charge is -2.23. The lowest BCUT2D eigenvalue weighted by molar-refractivity contribution is -0.120. The third-order valence-electron chi connectivity index (χ3n) is 3.02. The van der Waals surface area contributed by atoms with Gasteiger partial charge >= 0.3 is 0 Å². The number of anilines is 1. The van der Waals surface area contributed by atoms with Crippen LogP contribution in [0.2, 0.25) is 0 Å². The van der Waals surface area contributed by atoms with Crippen molar-refractivity contribution in [1.82, 2.24) is 5.32 Å². The standard InChI is InChI=1S/C13H15BrF2N2O2/c14-8-5-10(15)13(11(16)6-8)17-7-12(19)18-9-1-3-20-4-2-9/h5-6,9,17H,1-4,7H2,(H,18,19). The molecule has 0 aromatic heterocycles. The van der Waals surface area contributed by atoms with Gasteiger partial charge in [0.15, 0.2) is 0 Å². The average Bonchev–Trinajstić information content (AvgIpc) is 2.38. The molecule has 1 aliphatic rings. The molecule has 0 atom stereocenters. The predicted octanol–water partition coefficient (Wildman–Crippen LogP) is 2.43. The minimum absolute atomic E-state index is 0.0673. The summed E-state index contributed by atoms with van der Waals surface area (Å²) < 4.78 is 32.6. The summed E-state index contributed by atoms with van der Waals surface area (Å²) in [6.45, 7) is 1.06. The first-order valence-corrected chi connectivity index (χ1v) is 7.11. The number of halogens is 3. The van der Waals surface area contributed by atoms with Crippen molar-refractivity contribution in [3.8, 4) is 0 Å². The van der Waals surface area contributed by atoms with Gasteiger partial charge in [-0.15, -0.1) is 0 Å². The maximum atomic E-state index is 13.5. The summed E-state index contributed by atoms with van der Waals surface area (Å²) in [7, 11) is 0. The van der Waals surface area contributed by atoms with Crippen LogP contribution in [0.5, 0.6) is 0 Å². The van der Waals surface area contributed by atoms with Gasteiger partial charge in [-0.05, 0) is 25.0 Å². The number of nitrogens with one attached hydrogen (secondary N) is 2. The van der Waals surface area contributed by atoms with E-state index in [1.807, 2.05) is 0 Å². The Labute approximate surface area is 124 Å². The van der Waals surface area contributed by atoms with E-state index in [4.69, 9.17) is 4.74 Å². The van der Waals surface area contributed by atoms with Crippen LogP contribution in [0.4, 0.5) is 14.5 Å². The van der Waals surface area contributed by atoms with Crippen LogP contribution in [0.3, 0.4) is 0 Å². The Morgan fingerprint density at radius 3 is 2.50 bits per heavy atom. The first-order valence-electron chi connectivity index (χ1n) is 6.32. The SMILES string of the molecule is O=C(CNc1c(F)cc(Br)cc1F)NC1CCOCC1. The van der Waals surface area contributed by atoms with Gasteiger partial charge < -0.3 is 15.4 Å². The van der Waals surface area contributed by atoms with Crippen LogP contribution in [0.15, 0.2) is 16.6 Å². The van der Waals surface area contributed by atoms with E-state index in [1.165, 1.54) is 0 Å². The molecule has 7 heteroatoms. The van der Waals surface area contributed by atoms with Gasteiger partial charge in [-0.1, -0.05) is 15.9 Å². The minimum Gasteiger partial charge on any atom is -0.381 e. The lowest BCUT2D eigenvalue weighted by atomic mass is 10.1. The summed E-state index contributed by atoms with van der Waals surface area (Å²) in [5.41, 5.74) is -0.296. The monoisotopic (exact) mass is 348 g/mol. The molecule has 1 fully saturated rings. The van der Waals surface area contributed by atoms with Gasteiger partial charge in [-0.2, -0.15) is 0 Å². The van der Waals surface area contributed by atoms with E-state index in [-0.39, 0.29) is 24.2 Å². The van der Waals surface area contributed by atoms with E-state index >= 15 is 0 Å². The van der Waals surface area contributed by atoms with Crippen molar-refractivity contribution in [1.29, 1.82) is 0 Å². The molecule has 20 heavy (non-hydrogen) atoms. The number of carbonyl (C=O) groups is 1. The Balaban J connectivity index is 1.87. The Morgan fingerprint density at radius 1 is 1.30 bits per heavy atom. The van der Waals surface area contributed by atoms with E-state index in [2.05, 4.69) is 26.6 Å². The number of ether oxygens (including phenoxy) is 1. The summed E-state index contributed by atoms with van der Waals surface area (Å²) >= 11 is 2.99. The molecular weight excluding hydrogens is 334 g/mol. The smallest absolute Gasteiger partial charge is 0.239 e. The number of rotatable bonds is 4. The van der Waals surface area contributed by atoms with Crippen LogP contribution in [-0.2, 0) is 9.53 Å². The Morgan fingerprint density at radius 2 is 1.90 bits per heavy atom. The Kier molecular flexibility index (Phi) is 5.31. The normalized spacial score (nSPS) is 15.9. The molecule has 0 aliphatic carbocycles. The zero-order valence-electron chi connectivity index (χ0n) is 10.7. The fraction of sp³-hybridized carbons (Fsp3) is 0.462. The summed E-state index contributed by atoms with van der Waals surface area (Å²) in [4.78, 5) is 11.7. The maximum Gasteiger partial charge on any atom is 0.239 e. The molecule has 1 aromatic carbocycles. The van der Waals surface area contributed by atoms with Gasteiger partial charge in [0, 0.05) is 23.7 Å². The fourth-order valence-corrected chi connectivity index (χ4v) is 2.40. The molecule has 1 aromatic rings. The van der Waals surface area contributed by atoms with Crippen molar-refractivity contribution in [2.24, 2.45) is 0 Å². The van der Waals surface area contributed by atoms with Crippen molar-refractivity contribution in [2.45, 2.75) is 18.9 Å². The zero-order valence-corrected chi connectivity index (χ0v) is 12.3. The number of hydrogen-bond acceptors (Lipinski definition) is 3. The van der Waals surface area contributed by atoms with Gasteiger partial charge in [-0.25, -0.2) is 8.78 Å². The maximum absolute atomic E-state index is 13.5. The quantitative estimate of drug-likeness (QED) is 0.878.